The number of alkyl halides is 3. The minimum absolute atomic E-state index is 0.00152. The Morgan fingerprint density at radius 2 is 1.70 bits per heavy atom. The predicted molar refractivity (Wildman–Crippen MR) is 120 cm³/mol. The highest BCUT2D eigenvalue weighted by atomic mass is 35.5. The second-order valence-corrected chi connectivity index (χ2v) is 7.65. The van der Waals surface area contributed by atoms with Gasteiger partial charge >= 0.3 is 12.1 Å². The zero-order valence-electron chi connectivity index (χ0n) is 18.1. The highest BCUT2D eigenvalue weighted by molar-refractivity contribution is 6.30. The number of carbonyl (C=O) groups is 1. The van der Waals surface area contributed by atoms with Gasteiger partial charge in [0, 0.05) is 22.8 Å². The Hall–Kier alpha value is -3.26. The van der Waals surface area contributed by atoms with Gasteiger partial charge in [0.05, 0.1) is 17.9 Å². The van der Waals surface area contributed by atoms with Gasteiger partial charge in [0.25, 0.3) is 0 Å². The van der Waals surface area contributed by atoms with E-state index in [2.05, 4.69) is 0 Å². The number of carboxylic acid groups (broad SMARTS) is 1. The number of aromatic nitrogens is 1. The van der Waals surface area contributed by atoms with Gasteiger partial charge in [-0.3, -0.25) is 4.79 Å². The van der Waals surface area contributed by atoms with E-state index in [1.54, 1.807) is 49.6 Å². The number of aromatic carboxylic acids is 1. The summed E-state index contributed by atoms with van der Waals surface area (Å²) in [5, 5.41) is 10.4. The SMILES string of the molecule is CCOc1cc(-c2c(C)n(CC)c(-c3ccc(Cl)cc3)c(C(=O)O)c2=O)ccc1C(F)(F)F. The van der Waals surface area contributed by atoms with E-state index in [4.69, 9.17) is 16.3 Å². The smallest absolute Gasteiger partial charge is 0.419 e. The minimum atomic E-state index is -4.65. The van der Waals surface area contributed by atoms with Gasteiger partial charge in [-0.05, 0) is 56.2 Å². The third-order valence-electron chi connectivity index (χ3n) is 5.25. The van der Waals surface area contributed by atoms with Gasteiger partial charge < -0.3 is 14.4 Å². The number of hydrogen-bond donors (Lipinski definition) is 1. The molecule has 174 valence electrons. The monoisotopic (exact) mass is 479 g/mol. The van der Waals surface area contributed by atoms with Gasteiger partial charge in [-0.2, -0.15) is 13.2 Å². The Morgan fingerprint density at radius 1 is 1.09 bits per heavy atom. The molecule has 0 unspecified atom stereocenters. The van der Waals surface area contributed by atoms with Crippen molar-refractivity contribution in [1.82, 2.24) is 4.57 Å². The molecule has 1 heterocycles. The average Bonchev–Trinajstić information content (AvgIpc) is 2.73. The van der Waals surface area contributed by atoms with Crippen LogP contribution in [0.2, 0.25) is 5.02 Å². The first-order chi connectivity index (χ1) is 15.5. The molecular weight excluding hydrogens is 459 g/mol. The van der Waals surface area contributed by atoms with Crippen molar-refractivity contribution < 1.29 is 27.8 Å². The lowest BCUT2D eigenvalue weighted by molar-refractivity contribution is -0.138. The molecule has 2 aromatic carbocycles. The lowest BCUT2D eigenvalue weighted by Gasteiger charge is -2.22. The predicted octanol–water partition coefficient (Wildman–Crippen LogP) is 6.28. The number of hydrogen-bond acceptors (Lipinski definition) is 3. The minimum Gasteiger partial charge on any atom is -0.493 e. The summed E-state index contributed by atoms with van der Waals surface area (Å²) in [7, 11) is 0. The molecule has 33 heavy (non-hydrogen) atoms. The molecule has 3 rings (SSSR count). The molecule has 0 aliphatic heterocycles. The Kier molecular flexibility index (Phi) is 6.88. The number of ether oxygens (including phenoxy) is 1. The second-order valence-electron chi connectivity index (χ2n) is 7.21. The highest BCUT2D eigenvalue weighted by Crippen LogP contribution is 2.39. The van der Waals surface area contributed by atoms with Gasteiger partial charge in [0.2, 0.25) is 5.43 Å². The Bertz CT molecular complexity index is 1260. The van der Waals surface area contributed by atoms with Crippen LogP contribution in [0.5, 0.6) is 5.75 Å². The van der Waals surface area contributed by atoms with Crippen molar-refractivity contribution in [2.45, 2.75) is 33.5 Å². The molecule has 9 heteroatoms. The summed E-state index contributed by atoms with van der Waals surface area (Å²) in [5.74, 6) is -1.87. The maximum Gasteiger partial charge on any atom is 0.419 e. The van der Waals surface area contributed by atoms with E-state index in [-0.39, 0.29) is 23.4 Å². The number of benzene rings is 2. The van der Waals surface area contributed by atoms with E-state index >= 15 is 0 Å². The second kappa shape index (κ2) is 9.31. The number of carboxylic acids is 1. The first-order valence-corrected chi connectivity index (χ1v) is 10.5. The van der Waals surface area contributed by atoms with Crippen molar-refractivity contribution in [3.63, 3.8) is 0 Å². The van der Waals surface area contributed by atoms with Crippen molar-refractivity contribution in [3.05, 3.63) is 74.5 Å². The Labute approximate surface area is 193 Å². The lowest BCUT2D eigenvalue weighted by Crippen LogP contribution is -2.25. The molecule has 1 aromatic heterocycles. The molecule has 0 radical (unpaired) electrons. The van der Waals surface area contributed by atoms with E-state index in [1.807, 2.05) is 0 Å². The van der Waals surface area contributed by atoms with E-state index in [0.717, 1.165) is 18.2 Å². The normalized spacial score (nSPS) is 11.5. The van der Waals surface area contributed by atoms with Crippen LogP contribution in [0.1, 0.15) is 35.5 Å². The highest BCUT2D eigenvalue weighted by Gasteiger charge is 2.35. The van der Waals surface area contributed by atoms with Crippen LogP contribution >= 0.6 is 11.6 Å². The molecule has 0 amide bonds. The van der Waals surface area contributed by atoms with Gasteiger partial charge in [-0.15, -0.1) is 0 Å². The molecule has 0 atom stereocenters. The summed E-state index contributed by atoms with van der Waals surface area (Å²) in [6.45, 7) is 5.26. The fourth-order valence-corrected chi connectivity index (χ4v) is 3.99. The van der Waals surface area contributed by atoms with Crippen LogP contribution in [0.4, 0.5) is 13.2 Å². The Balaban J connectivity index is 2.39. The molecule has 0 saturated heterocycles. The quantitative estimate of drug-likeness (QED) is 0.452. The first-order valence-electron chi connectivity index (χ1n) is 10.1. The van der Waals surface area contributed by atoms with Crippen LogP contribution < -0.4 is 10.2 Å². The first kappa shape index (κ1) is 24.4. The average molecular weight is 480 g/mol. The summed E-state index contributed by atoms with van der Waals surface area (Å²) in [6.07, 6.45) is -4.65. The van der Waals surface area contributed by atoms with Crippen LogP contribution in [-0.2, 0) is 12.7 Å². The van der Waals surface area contributed by atoms with Crippen LogP contribution in [0.25, 0.3) is 22.4 Å². The molecule has 0 bridgehead atoms. The summed E-state index contributed by atoms with van der Waals surface area (Å²) >= 11 is 5.95. The summed E-state index contributed by atoms with van der Waals surface area (Å²) < 4.78 is 47.0. The van der Waals surface area contributed by atoms with Crippen molar-refractivity contribution in [3.8, 4) is 28.1 Å². The number of pyridine rings is 1. The molecule has 1 N–H and O–H groups in total. The van der Waals surface area contributed by atoms with E-state index in [0.29, 0.717) is 22.8 Å². The molecule has 0 aliphatic carbocycles. The van der Waals surface area contributed by atoms with E-state index in [1.165, 1.54) is 0 Å². The third-order valence-corrected chi connectivity index (χ3v) is 5.50. The van der Waals surface area contributed by atoms with Crippen molar-refractivity contribution >= 4 is 17.6 Å². The standard InChI is InChI=1S/C24H21ClF3NO4/c1-4-29-13(3)19(15-8-11-17(24(26,27)28)18(12-15)33-5-2)22(30)20(23(31)32)21(29)14-6-9-16(25)10-7-14/h6-12H,4-5H2,1-3H3,(H,31,32). The third kappa shape index (κ3) is 4.61. The van der Waals surface area contributed by atoms with Gasteiger partial charge in [-0.1, -0.05) is 29.8 Å². The van der Waals surface area contributed by atoms with Crippen LogP contribution in [0, 0.1) is 6.92 Å². The number of halogens is 4. The van der Waals surface area contributed by atoms with Crippen LogP contribution in [0.3, 0.4) is 0 Å². The molecule has 3 aromatic rings. The maximum absolute atomic E-state index is 13.4. The lowest BCUT2D eigenvalue weighted by atomic mass is 9.95. The topological polar surface area (TPSA) is 68.5 Å². The molecule has 0 fully saturated rings. The van der Waals surface area contributed by atoms with Crippen molar-refractivity contribution in [2.75, 3.05) is 6.61 Å². The summed E-state index contributed by atoms with van der Waals surface area (Å²) in [6, 6.07) is 9.51. The van der Waals surface area contributed by atoms with Crippen LogP contribution in [-0.4, -0.2) is 22.2 Å². The summed E-state index contributed by atoms with van der Waals surface area (Å²) in [5.41, 5.74) is -1.01. The largest absolute Gasteiger partial charge is 0.493 e. The number of rotatable bonds is 6. The van der Waals surface area contributed by atoms with Crippen molar-refractivity contribution in [1.29, 1.82) is 0 Å². The van der Waals surface area contributed by atoms with Gasteiger partial charge in [-0.25, -0.2) is 4.79 Å². The maximum atomic E-state index is 13.4. The van der Waals surface area contributed by atoms with Crippen molar-refractivity contribution in [2.24, 2.45) is 0 Å². The van der Waals surface area contributed by atoms with Crippen LogP contribution in [0.15, 0.2) is 47.3 Å². The zero-order chi connectivity index (χ0) is 24.5. The molecule has 0 aliphatic rings. The molecule has 5 nitrogen and oxygen atoms in total. The Morgan fingerprint density at radius 3 is 2.21 bits per heavy atom. The summed E-state index contributed by atoms with van der Waals surface area (Å²) in [4.78, 5) is 25.6. The fourth-order valence-electron chi connectivity index (χ4n) is 3.86. The molecule has 0 spiro atoms. The molecular formula is C24H21ClF3NO4. The molecule has 0 saturated carbocycles. The zero-order valence-corrected chi connectivity index (χ0v) is 18.8. The van der Waals surface area contributed by atoms with E-state index < -0.39 is 34.5 Å². The van der Waals surface area contributed by atoms with Gasteiger partial charge in [0.1, 0.15) is 11.3 Å². The van der Waals surface area contributed by atoms with E-state index in [9.17, 15) is 27.9 Å². The number of nitrogens with zero attached hydrogens (tertiary/aromatic N) is 1. The fraction of sp³-hybridized carbons (Fsp3) is 0.250. The van der Waals surface area contributed by atoms with Gasteiger partial charge in [0.15, 0.2) is 0 Å².